The van der Waals surface area contributed by atoms with E-state index in [1.807, 2.05) is 41.1 Å². The molecule has 0 spiro atoms. The normalized spacial score (nSPS) is 16.9. The van der Waals surface area contributed by atoms with E-state index in [0.29, 0.717) is 12.4 Å². The Kier molecular flexibility index (Phi) is 4.93. The van der Waals surface area contributed by atoms with Gasteiger partial charge in [-0.2, -0.15) is 5.10 Å². The van der Waals surface area contributed by atoms with E-state index in [4.69, 9.17) is 0 Å². The summed E-state index contributed by atoms with van der Waals surface area (Å²) in [7, 11) is 0. The van der Waals surface area contributed by atoms with E-state index in [1.54, 1.807) is 0 Å². The maximum absolute atomic E-state index is 12.3. The molecule has 1 aliphatic heterocycles. The van der Waals surface area contributed by atoms with Crippen molar-refractivity contribution in [3.63, 3.8) is 0 Å². The second-order valence-corrected chi connectivity index (χ2v) is 6.05. The van der Waals surface area contributed by atoms with Crippen LogP contribution in [-0.4, -0.2) is 28.1 Å². The molecule has 3 rings (SSSR count). The van der Waals surface area contributed by atoms with Crippen LogP contribution >= 0.6 is 0 Å². The predicted molar refractivity (Wildman–Crippen MR) is 92.3 cm³/mol. The lowest BCUT2D eigenvalue weighted by atomic mass is 10.1. The van der Waals surface area contributed by atoms with Gasteiger partial charge in [-0.25, -0.2) is 0 Å². The highest BCUT2D eigenvalue weighted by Gasteiger charge is 2.28. The number of rotatable bonds is 6. The van der Waals surface area contributed by atoms with Crippen molar-refractivity contribution in [1.82, 2.24) is 15.1 Å². The SMILES string of the molecule is CCCCn1nc(NC(=O)C2CNC(=O)C2)cc1-c1ccccc1. The molecule has 2 amide bonds. The van der Waals surface area contributed by atoms with Gasteiger partial charge in [0.05, 0.1) is 11.6 Å². The predicted octanol–water partition coefficient (Wildman–Crippen LogP) is 2.42. The van der Waals surface area contributed by atoms with Crippen LogP contribution in [-0.2, 0) is 16.1 Å². The molecule has 2 heterocycles. The molecule has 1 aromatic carbocycles. The van der Waals surface area contributed by atoms with Crippen molar-refractivity contribution in [2.75, 3.05) is 11.9 Å². The maximum atomic E-state index is 12.3. The van der Waals surface area contributed by atoms with Gasteiger partial charge in [0.1, 0.15) is 0 Å². The molecule has 0 bridgehead atoms. The van der Waals surface area contributed by atoms with E-state index in [2.05, 4.69) is 22.7 Å². The van der Waals surface area contributed by atoms with Crippen molar-refractivity contribution in [1.29, 1.82) is 0 Å². The number of hydrogen-bond donors (Lipinski definition) is 2. The first kappa shape index (κ1) is 16.2. The molecule has 24 heavy (non-hydrogen) atoms. The number of carbonyl (C=O) groups excluding carboxylic acids is 2. The number of anilines is 1. The zero-order chi connectivity index (χ0) is 16.9. The molecule has 1 atom stereocenters. The molecule has 1 aromatic heterocycles. The average molecular weight is 326 g/mol. The van der Waals surface area contributed by atoms with Crippen molar-refractivity contribution in [2.24, 2.45) is 5.92 Å². The van der Waals surface area contributed by atoms with Gasteiger partial charge in [0, 0.05) is 25.6 Å². The summed E-state index contributed by atoms with van der Waals surface area (Å²) in [6, 6.07) is 11.9. The number of hydrogen-bond acceptors (Lipinski definition) is 3. The number of benzene rings is 1. The van der Waals surface area contributed by atoms with Crippen LogP contribution in [0, 0.1) is 5.92 Å². The van der Waals surface area contributed by atoms with Gasteiger partial charge in [-0.3, -0.25) is 14.3 Å². The number of carbonyl (C=O) groups is 2. The quantitative estimate of drug-likeness (QED) is 0.856. The molecular weight excluding hydrogens is 304 g/mol. The van der Waals surface area contributed by atoms with Crippen molar-refractivity contribution >= 4 is 17.6 Å². The molecule has 2 aromatic rings. The Morgan fingerprint density at radius 2 is 2.17 bits per heavy atom. The fraction of sp³-hybridized carbons (Fsp3) is 0.389. The number of unbranched alkanes of at least 4 members (excludes halogenated alkanes) is 1. The minimum Gasteiger partial charge on any atom is -0.355 e. The van der Waals surface area contributed by atoms with Crippen LogP contribution in [0.15, 0.2) is 36.4 Å². The highest BCUT2D eigenvalue weighted by molar-refractivity contribution is 5.96. The van der Waals surface area contributed by atoms with Gasteiger partial charge in [-0.05, 0) is 12.0 Å². The molecule has 0 aliphatic carbocycles. The third kappa shape index (κ3) is 3.64. The topological polar surface area (TPSA) is 76.0 Å². The second-order valence-electron chi connectivity index (χ2n) is 6.05. The summed E-state index contributed by atoms with van der Waals surface area (Å²) in [4.78, 5) is 23.5. The molecule has 126 valence electrons. The number of amides is 2. The first-order chi connectivity index (χ1) is 11.7. The Bertz CT molecular complexity index is 724. The van der Waals surface area contributed by atoms with E-state index >= 15 is 0 Å². The van der Waals surface area contributed by atoms with Gasteiger partial charge < -0.3 is 10.6 Å². The Balaban J connectivity index is 1.79. The molecule has 1 unspecified atom stereocenters. The second kappa shape index (κ2) is 7.29. The van der Waals surface area contributed by atoms with Crippen molar-refractivity contribution in [2.45, 2.75) is 32.7 Å². The third-order valence-corrected chi connectivity index (χ3v) is 4.17. The van der Waals surface area contributed by atoms with Gasteiger partial charge in [-0.15, -0.1) is 0 Å². The number of aromatic nitrogens is 2. The zero-order valence-corrected chi connectivity index (χ0v) is 13.8. The Labute approximate surface area is 141 Å². The van der Waals surface area contributed by atoms with Gasteiger partial charge >= 0.3 is 0 Å². The fourth-order valence-corrected chi connectivity index (χ4v) is 2.82. The van der Waals surface area contributed by atoms with Crippen LogP contribution < -0.4 is 10.6 Å². The minimum atomic E-state index is -0.321. The summed E-state index contributed by atoms with van der Waals surface area (Å²) < 4.78 is 1.94. The van der Waals surface area contributed by atoms with Crippen LogP contribution in [0.3, 0.4) is 0 Å². The molecule has 6 heteroatoms. The summed E-state index contributed by atoms with van der Waals surface area (Å²) in [5, 5.41) is 10.1. The van der Waals surface area contributed by atoms with Crippen LogP contribution in [0.5, 0.6) is 0 Å². The first-order valence-electron chi connectivity index (χ1n) is 8.38. The molecule has 6 nitrogen and oxygen atoms in total. The highest BCUT2D eigenvalue weighted by atomic mass is 16.2. The minimum absolute atomic E-state index is 0.0754. The smallest absolute Gasteiger partial charge is 0.230 e. The summed E-state index contributed by atoms with van der Waals surface area (Å²) >= 11 is 0. The molecule has 1 saturated heterocycles. The van der Waals surface area contributed by atoms with Crippen molar-refractivity contribution < 1.29 is 9.59 Å². The van der Waals surface area contributed by atoms with Gasteiger partial charge in [0.15, 0.2) is 5.82 Å². The standard InChI is InChI=1S/C18H22N4O2/c1-2-3-9-22-15(13-7-5-4-6-8-13)11-16(21-22)20-18(24)14-10-17(23)19-12-14/h4-8,11,14H,2-3,9-10,12H2,1H3,(H,19,23)(H,20,21,24). The lowest BCUT2D eigenvalue weighted by Gasteiger charge is -2.07. The number of nitrogens with one attached hydrogen (secondary N) is 2. The summed E-state index contributed by atoms with van der Waals surface area (Å²) in [5.74, 6) is -0.0190. The monoisotopic (exact) mass is 326 g/mol. The van der Waals surface area contributed by atoms with E-state index < -0.39 is 0 Å². The van der Waals surface area contributed by atoms with Crippen LogP contribution in [0.1, 0.15) is 26.2 Å². The van der Waals surface area contributed by atoms with Gasteiger partial charge in [0.25, 0.3) is 0 Å². The van der Waals surface area contributed by atoms with E-state index in [1.165, 1.54) is 0 Å². The molecule has 0 saturated carbocycles. The van der Waals surface area contributed by atoms with Gasteiger partial charge in [0.2, 0.25) is 11.8 Å². The van der Waals surface area contributed by atoms with E-state index in [-0.39, 0.29) is 24.2 Å². The molecular formula is C18H22N4O2. The van der Waals surface area contributed by atoms with Crippen molar-refractivity contribution in [3.05, 3.63) is 36.4 Å². The Morgan fingerprint density at radius 3 is 2.83 bits per heavy atom. The third-order valence-electron chi connectivity index (χ3n) is 4.17. The number of nitrogens with zero attached hydrogens (tertiary/aromatic N) is 2. The van der Waals surface area contributed by atoms with E-state index in [9.17, 15) is 9.59 Å². The molecule has 1 fully saturated rings. The lowest BCUT2D eigenvalue weighted by Crippen LogP contribution is -2.24. The largest absolute Gasteiger partial charge is 0.355 e. The molecule has 1 aliphatic rings. The average Bonchev–Trinajstić information content (AvgIpc) is 3.20. The summed E-state index contributed by atoms with van der Waals surface area (Å²) in [5.41, 5.74) is 2.05. The van der Waals surface area contributed by atoms with Crippen LogP contribution in [0.2, 0.25) is 0 Å². The number of aryl methyl sites for hydroxylation is 1. The Morgan fingerprint density at radius 1 is 1.38 bits per heavy atom. The van der Waals surface area contributed by atoms with Crippen LogP contribution in [0.25, 0.3) is 11.3 Å². The first-order valence-corrected chi connectivity index (χ1v) is 8.38. The zero-order valence-electron chi connectivity index (χ0n) is 13.8. The lowest BCUT2D eigenvalue weighted by molar-refractivity contribution is -0.123. The summed E-state index contributed by atoms with van der Waals surface area (Å²) in [6.45, 7) is 3.34. The van der Waals surface area contributed by atoms with Crippen LogP contribution in [0.4, 0.5) is 5.82 Å². The maximum Gasteiger partial charge on any atom is 0.230 e. The summed E-state index contributed by atoms with van der Waals surface area (Å²) in [6.07, 6.45) is 2.34. The van der Waals surface area contributed by atoms with Gasteiger partial charge in [-0.1, -0.05) is 43.7 Å². The Hall–Kier alpha value is -2.63. The van der Waals surface area contributed by atoms with Crippen molar-refractivity contribution in [3.8, 4) is 11.3 Å². The fourth-order valence-electron chi connectivity index (χ4n) is 2.82. The molecule has 2 N–H and O–H groups in total. The molecule has 0 radical (unpaired) electrons. The van der Waals surface area contributed by atoms with E-state index in [0.717, 1.165) is 30.6 Å². The highest BCUT2D eigenvalue weighted by Crippen LogP contribution is 2.24.